The van der Waals surface area contributed by atoms with E-state index in [1.807, 2.05) is 27.7 Å². The van der Waals surface area contributed by atoms with Gasteiger partial charge in [0.2, 0.25) is 5.91 Å². The number of hydrogen-bond acceptors (Lipinski definition) is 5. The molecule has 1 amide bonds. The minimum Gasteiger partial charge on any atom is -0.326 e. The van der Waals surface area contributed by atoms with Crippen LogP contribution in [0.2, 0.25) is 0 Å². The Morgan fingerprint density at radius 2 is 1.58 bits per heavy atom. The van der Waals surface area contributed by atoms with Gasteiger partial charge in [0.1, 0.15) is 0 Å². The summed E-state index contributed by atoms with van der Waals surface area (Å²) in [6.45, 7) is 9.18. The number of ketones is 1. The molecule has 0 aliphatic heterocycles. The summed E-state index contributed by atoms with van der Waals surface area (Å²) >= 11 is 1.36. The Balaban J connectivity index is 2.10. The van der Waals surface area contributed by atoms with Gasteiger partial charge in [-0.1, -0.05) is 11.8 Å². The number of rotatable bonds is 5. The summed E-state index contributed by atoms with van der Waals surface area (Å²) in [5.41, 5.74) is 4.22. The highest BCUT2D eigenvalue weighted by Crippen LogP contribution is 2.24. The van der Waals surface area contributed by atoms with Crippen molar-refractivity contribution < 1.29 is 9.59 Å². The third-order valence-electron chi connectivity index (χ3n) is 3.75. The first-order chi connectivity index (χ1) is 11.3. The van der Waals surface area contributed by atoms with E-state index in [-0.39, 0.29) is 16.9 Å². The fraction of sp³-hybridized carbons (Fsp3) is 0.333. The van der Waals surface area contributed by atoms with Crippen molar-refractivity contribution in [1.29, 1.82) is 0 Å². The first-order valence-electron chi connectivity index (χ1n) is 7.68. The molecular weight excluding hydrogens is 322 g/mol. The topological polar surface area (TPSA) is 72.0 Å². The molecule has 0 fully saturated rings. The molecule has 2 rings (SSSR count). The molecule has 0 unspecified atom stereocenters. The molecule has 0 saturated heterocycles. The number of thioether (sulfide) groups is 1. The number of carbonyl (C=O) groups excluding carboxylic acids is 2. The number of benzene rings is 1. The highest BCUT2D eigenvalue weighted by molar-refractivity contribution is 8.00. The Morgan fingerprint density at radius 1 is 1.04 bits per heavy atom. The lowest BCUT2D eigenvalue weighted by Gasteiger charge is -2.12. The van der Waals surface area contributed by atoms with Crippen LogP contribution in [0.1, 0.15) is 41.2 Å². The number of aryl methyl sites for hydroxylation is 2. The van der Waals surface area contributed by atoms with Crippen LogP contribution in [0, 0.1) is 20.8 Å². The van der Waals surface area contributed by atoms with Crippen molar-refractivity contribution in [1.82, 2.24) is 9.97 Å². The lowest BCUT2D eigenvalue weighted by Crippen LogP contribution is -2.15. The zero-order chi connectivity index (χ0) is 17.9. The summed E-state index contributed by atoms with van der Waals surface area (Å²) in [5.74, 6) is -0.130. The van der Waals surface area contributed by atoms with Crippen LogP contribution in [-0.4, -0.2) is 26.9 Å². The van der Waals surface area contributed by atoms with Crippen molar-refractivity contribution in [2.75, 3.05) is 5.32 Å². The van der Waals surface area contributed by atoms with Crippen molar-refractivity contribution in [2.45, 2.75) is 45.0 Å². The van der Waals surface area contributed by atoms with Gasteiger partial charge >= 0.3 is 0 Å². The molecule has 24 heavy (non-hydrogen) atoms. The predicted octanol–water partition coefficient (Wildman–Crippen LogP) is 3.72. The number of nitrogens with zero attached hydrogens (tertiary/aromatic N) is 2. The van der Waals surface area contributed by atoms with E-state index in [4.69, 9.17) is 0 Å². The standard InChI is InChI=1S/C18H21N3O2S/c1-10-11(2)19-18(20-12(10)3)24-13(4)17(23)15-6-8-16(9-7-15)21-14(5)22/h6-9,13H,1-5H3,(H,21,22)/t13-/m0/s1. The van der Waals surface area contributed by atoms with E-state index in [0.29, 0.717) is 16.4 Å². The van der Waals surface area contributed by atoms with Gasteiger partial charge in [-0.3, -0.25) is 9.59 Å². The fourth-order valence-electron chi connectivity index (χ4n) is 2.16. The number of nitrogens with one attached hydrogen (secondary N) is 1. The van der Waals surface area contributed by atoms with E-state index in [1.54, 1.807) is 24.3 Å². The third kappa shape index (κ3) is 4.41. The molecular formula is C18H21N3O2S. The highest BCUT2D eigenvalue weighted by Gasteiger charge is 2.18. The van der Waals surface area contributed by atoms with Gasteiger partial charge in [0.25, 0.3) is 0 Å². The molecule has 0 radical (unpaired) electrons. The Morgan fingerprint density at radius 3 is 2.08 bits per heavy atom. The second-order valence-corrected chi connectivity index (χ2v) is 6.99. The minimum atomic E-state index is -0.293. The predicted molar refractivity (Wildman–Crippen MR) is 96.6 cm³/mol. The first-order valence-corrected chi connectivity index (χ1v) is 8.56. The van der Waals surface area contributed by atoms with Gasteiger partial charge in [0, 0.05) is 29.6 Å². The maximum Gasteiger partial charge on any atom is 0.221 e. The summed E-state index contributed by atoms with van der Waals surface area (Å²) < 4.78 is 0. The molecule has 126 valence electrons. The normalized spacial score (nSPS) is 11.9. The summed E-state index contributed by atoms with van der Waals surface area (Å²) in [4.78, 5) is 32.5. The van der Waals surface area contributed by atoms with Crippen LogP contribution < -0.4 is 5.32 Å². The molecule has 1 aromatic carbocycles. The van der Waals surface area contributed by atoms with Gasteiger partial charge in [-0.05, 0) is 57.5 Å². The highest BCUT2D eigenvalue weighted by atomic mass is 32.2. The minimum absolute atomic E-state index is 0.00820. The average Bonchev–Trinajstić information content (AvgIpc) is 2.52. The summed E-state index contributed by atoms with van der Waals surface area (Å²) in [5, 5.41) is 3.01. The van der Waals surface area contributed by atoms with Crippen molar-refractivity contribution in [3.63, 3.8) is 0 Å². The molecule has 5 nitrogen and oxygen atoms in total. The Bertz CT molecular complexity index is 749. The number of Topliss-reactive ketones (excluding diaryl/α,β-unsaturated/α-hetero) is 1. The van der Waals surface area contributed by atoms with Crippen LogP contribution in [0.5, 0.6) is 0 Å². The first kappa shape index (κ1) is 18.1. The van der Waals surface area contributed by atoms with Gasteiger partial charge in [-0.15, -0.1) is 0 Å². The van der Waals surface area contributed by atoms with Gasteiger partial charge in [0.05, 0.1) is 5.25 Å². The smallest absolute Gasteiger partial charge is 0.221 e. The molecule has 1 N–H and O–H groups in total. The van der Waals surface area contributed by atoms with Crippen LogP contribution in [0.3, 0.4) is 0 Å². The van der Waals surface area contributed by atoms with Crippen LogP contribution in [0.15, 0.2) is 29.4 Å². The number of carbonyl (C=O) groups is 2. The van der Waals surface area contributed by atoms with E-state index in [9.17, 15) is 9.59 Å². The summed E-state index contributed by atoms with van der Waals surface area (Å²) in [6, 6.07) is 6.89. The van der Waals surface area contributed by atoms with Crippen LogP contribution in [0.25, 0.3) is 0 Å². The van der Waals surface area contributed by atoms with Gasteiger partial charge in [-0.2, -0.15) is 0 Å². The molecule has 2 aromatic rings. The van der Waals surface area contributed by atoms with Crippen molar-refractivity contribution in [3.05, 3.63) is 46.8 Å². The second-order valence-electron chi connectivity index (χ2n) is 5.68. The maximum atomic E-state index is 12.6. The van der Waals surface area contributed by atoms with Gasteiger partial charge in [-0.25, -0.2) is 9.97 Å². The molecule has 1 atom stereocenters. The molecule has 0 spiro atoms. The van der Waals surface area contributed by atoms with E-state index in [1.165, 1.54) is 18.7 Å². The molecule has 1 aromatic heterocycles. The summed E-state index contributed by atoms with van der Waals surface area (Å²) in [7, 11) is 0. The lowest BCUT2D eigenvalue weighted by atomic mass is 10.1. The van der Waals surface area contributed by atoms with E-state index >= 15 is 0 Å². The zero-order valence-electron chi connectivity index (χ0n) is 14.5. The largest absolute Gasteiger partial charge is 0.326 e. The van der Waals surface area contributed by atoms with Crippen LogP contribution >= 0.6 is 11.8 Å². The number of aromatic nitrogens is 2. The number of amides is 1. The molecule has 6 heteroatoms. The van der Waals surface area contributed by atoms with Crippen LogP contribution in [-0.2, 0) is 4.79 Å². The number of hydrogen-bond donors (Lipinski definition) is 1. The second kappa shape index (κ2) is 7.57. The third-order valence-corrected chi connectivity index (χ3v) is 4.71. The molecule has 0 aliphatic rings. The van der Waals surface area contributed by atoms with Crippen molar-refractivity contribution in [3.8, 4) is 0 Å². The van der Waals surface area contributed by atoms with Crippen molar-refractivity contribution in [2.24, 2.45) is 0 Å². The molecule has 1 heterocycles. The SMILES string of the molecule is CC(=O)Nc1ccc(C(=O)[C@H](C)Sc2nc(C)c(C)c(C)n2)cc1. The molecule has 0 saturated carbocycles. The zero-order valence-corrected chi connectivity index (χ0v) is 15.3. The Hall–Kier alpha value is -2.21. The van der Waals surface area contributed by atoms with E-state index < -0.39 is 0 Å². The summed E-state index contributed by atoms with van der Waals surface area (Å²) in [6.07, 6.45) is 0. The lowest BCUT2D eigenvalue weighted by molar-refractivity contribution is -0.114. The quantitative estimate of drug-likeness (QED) is 0.509. The van der Waals surface area contributed by atoms with Crippen LogP contribution in [0.4, 0.5) is 5.69 Å². The van der Waals surface area contributed by atoms with Gasteiger partial charge in [0.15, 0.2) is 10.9 Å². The fourth-order valence-corrected chi connectivity index (χ4v) is 3.10. The molecule has 0 bridgehead atoms. The Labute approximate surface area is 146 Å². The molecule has 0 aliphatic carbocycles. The number of anilines is 1. The van der Waals surface area contributed by atoms with Gasteiger partial charge < -0.3 is 5.32 Å². The average molecular weight is 343 g/mol. The van der Waals surface area contributed by atoms with Crippen molar-refractivity contribution >= 4 is 29.1 Å². The van der Waals surface area contributed by atoms with E-state index in [2.05, 4.69) is 15.3 Å². The Kier molecular flexibility index (Phi) is 5.72. The van der Waals surface area contributed by atoms with E-state index in [0.717, 1.165) is 17.0 Å². The monoisotopic (exact) mass is 343 g/mol. The maximum absolute atomic E-state index is 12.6.